The third kappa shape index (κ3) is 4.44. The van der Waals surface area contributed by atoms with E-state index in [1.54, 1.807) is 19.1 Å². The summed E-state index contributed by atoms with van der Waals surface area (Å²) in [5, 5.41) is 20.6. The Morgan fingerprint density at radius 1 is 1.32 bits per heavy atom. The second-order valence-electron chi connectivity index (χ2n) is 4.75. The number of aliphatic carboxylic acids is 1. The molecule has 0 saturated heterocycles. The third-order valence-corrected chi connectivity index (χ3v) is 3.20. The van der Waals surface area contributed by atoms with Crippen molar-refractivity contribution in [3.05, 3.63) is 23.8 Å². The fraction of sp³-hybridized carbons (Fsp3) is 0.467. The number of carboxylic acids is 1. The van der Waals surface area contributed by atoms with Gasteiger partial charge in [-0.3, -0.25) is 14.9 Å². The molecule has 7 nitrogen and oxygen atoms in total. The smallest absolute Gasteiger partial charge is 0.323 e. The lowest BCUT2D eigenvalue weighted by atomic mass is 10.0. The normalized spacial score (nSPS) is 13.4. The molecular formula is C15H22N2O5. The van der Waals surface area contributed by atoms with Crippen LogP contribution in [0, 0.1) is 0 Å². The first-order chi connectivity index (χ1) is 10.4. The van der Waals surface area contributed by atoms with Crippen molar-refractivity contribution in [3.63, 3.8) is 0 Å². The van der Waals surface area contributed by atoms with Gasteiger partial charge in [0, 0.05) is 5.56 Å². The Hall–Kier alpha value is -2.12. The molecule has 0 spiro atoms. The zero-order chi connectivity index (χ0) is 16.7. The first kappa shape index (κ1) is 17.9. The minimum atomic E-state index is -1.21. The van der Waals surface area contributed by atoms with E-state index in [1.807, 2.05) is 6.92 Å². The lowest BCUT2D eigenvalue weighted by Gasteiger charge is -2.20. The molecule has 2 atom stereocenters. The van der Waals surface area contributed by atoms with Crippen LogP contribution in [0.4, 0.5) is 5.69 Å². The Balaban J connectivity index is 2.92. The van der Waals surface area contributed by atoms with E-state index in [0.29, 0.717) is 30.0 Å². The molecule has 0 aliphatic carbocycles. The number of hydrogen-bond acceptors (Lipinski definition) is 6. The summed E-state index contributed by atoms with van der Waals surface area (Å²) in [5.74, 6) is -0.990. The van der Waals surface area contributed by atoms with Crippen LogP contribution in [0.1, 0.15) is 30.6 Å². The van der Waals surface area contributed by atoms with E-state index in [4.69, 9.17) is 20.7 Å². The fourth-order valence-electron chi connectivity index (χ4n) is 2.01. The predicted molar refractivity (Wildman–Crippen MR) is 82.1 cm³/mol. The monoisotopic (exact) mass is 310 g/mol. The van der Waals surface area contributed by atoms with Crippen molar-refractivity contribution >= 4 is 17.4 Å². The van der Waals surface area contributed by atoms with Crippen molar-refractivity contribution in [3.8, 4) is 5.75 Å². The first-order valence-corrected chi connectivity index (χ1v) is 7.10. The maximum absolute atomic E-state index is 12.4. The van der Waals surface area contributed by atoms with Gasteiger partial charge in [-0.05, 0) is 31.5 Å². The molecule has 0 radical (unpaired) electrons. The van der Waals surface area contributed by atoms with Crippen LogP contribution in [-0.2, 0) is 4.79 Å². The highest BCUT2D eigenvalue weighted by Gasteiger charge is 2.25. The molecular weight excluding hydrogens is 288 g/mol. The molecule has 22 heavy (non-hydrogen) atoms. The number of nitrogen functional groups attached to an aromatic ring is 1. The third-order valence-electron chi connectivity index (χ3n) is 3.20. The summed E-state index contributed by atoms with van der Waals surface area (Å²) in [4.78, 5) is 23.4. The van der Waals surface area contributed by atoms with E-state index in [0.717, 1.165) is 0 Å². The Kier molecular flexibility index (Phi) is 6.81. The molecule has 0 aliphatic rings. The van der Waals surface area contributed by atoms with Gasteiger partial charge < -0.3 is 20.7 Å². The van der Waals surface area contributed by atoms with Crippen LogP contribution in [0.2, 0.25) is 0 Å². The maximum atomic E-state index is 12.4. The molecule has 2 unspecified atom stereocenters. The van der Waals surface area contributed by atoms with E-state index >= 15 is 0 Å². The average Bonchev–Trinajstić information content (AvgIpc) is 2.49. The number of hydrogen-bond donors (Lipinski definition) is 4. The highest BCUT2D eigenvalue weighted by molar-refractivity contribution is 6.01. The largest absolute Gasteiger partial charge is 0.492 e. The molecule has 0 heterocycles. The van der Waals surface area contributed by atoms with Gasteiger partial charge in [-0.25, -0.2) is 0 Å². The molecule has 1 aromatic rings. The first-order valence-electron chi connectivity index (χ1n) is 7.10. The Bertz CT molecular complexity index is 533. The van der Waals surface area contributed by atoms with Crippen molar-refractivity contribution in [1.29, 1.82) is 0 Å². The van der Waals surface area contributed by atoms with E-state index in [-0.39, 0.29) is 5.78 Å². The van der Waals surface area contributed by atoms with Crippen LogP contribution in [0.3, 0.4) is 0 Å². The molecule has 0 saturated carbocycles. The summed E-state index contributed by atoms with van der Waals surface area (Å²) >= 11 is 0. The number of carbonyl (C=O) groups excluding carboxylic acids is 1. The number of anilines is 1. The number of ether oxygens (including phenoxy) is 1. The summed E-state index contributed by atoms with van der Waals surface area (Å²) in [5.41, 5.74) is 6.54. The van der Waals surface area contributed by atoms with Gasteiger partial charge in [0.2, 0.25) is 0 Å². The molecule has 122 valence electrons. The van der Waals surface area contributed by atoms with E-state index < -0.39 is 24.7 Å². The molecule has 0 aromatic heterocycles. The summed E-state index contributed by atoms with van der Waals surface area (Å²) in [6.07, 6.45) is 0.385. The Morgan fingerprint density at radius 3 is 2.45 bits per heavy atom. The maximum Gasteiger partial charge on any atom is 0.323 e. The van der Waals surface area contributed by atoms with Crippen molar-refractivity contribution in [2.24, 2.45) is 0 Å². The topological polar surface area (TPSA) is 122 Å². The van der Waals surface area contributed by atoms with Crippen molar-refractivity contribution < 1.29 is 24.5 Å². The lowest BCUT2D eigenvalue weighted by Crippen LogP contribution is -2.48. The van der Waals surface area contributed by atoms with Crippen LogP contribution in [0.15, 0.2) is 18.2 Å². The molecule has 7 heteroatoms. The quantitative estimate of drug-likeness (QED) is 0.390. The van der Waals surface area contributed by atoms with E-state index in [9.17, 15) is 9.59 Å². The van der Waals surface area contributed by atoms with Crippen molar-refractivity contribution in [2.45, 2.75) is 32.4 Å². The zero-order valence-corrected chi connectivity index (χ0v) is 12.7. The van der Waals surface area contributed by atoms with Gasteiger partial charge in [0.25, 0.3) is 0 Å². The summed E-state index contributed by atoms with van der Waals surface area (Å²) in [7, 11) is 0. The summed E-state index contributed by atoms with van der Waals surface area (Å²) in [6, 6.07) is 2.80. The van der Waals surface area contributed by atoms with Gasteiger partial charge in [0.05, 0.1) is 24.9 Å². The number of benzene rings is 1. The second-order valence-corrected chi connectivity index (χ2v) is 4.75. The molecule has 1 rings (SSSR count). The van der Waals surface area contributed by atoms with Crippen molar-refractivity contribution in [1.82, 2.24) is 5.32 Å². The zero-order valence-electron chi connectivity index (χ0n) is 12.7. The Labute approximate surface area is 129 Å². The van der Waals surface area contributed by atoms with Gasteiger partial charge in [-0.1, -0.05) is 6.92 Å². The van der Waals surface area contributed by atoms with Crippen LogP contribution < -0.4 is 15.8 Å². The number of nitrogens with one attached hydrogen (secondary N) is 1. The van der Waals surface area contributed by atoms with Gasteiger partial charge in [-0.2, -0.15) is 0 Å². The van der Waals surface area contributed by atoms with E-state index in [2.05, 4.69) is 5.32 Å². The predicted octanol–water partition coefficient (Wildman–Crippen LogP) is 0.664. The summed E-state index contributed by atoms with van der Waals surface area (Å²) in [6.45, 7) is 3.46. The second kappa shape index (κ2) is 8.35. The molecule has 0 aliphatic heterocycles. The average molecular weight is 310 g/mol. The molecule has 0 bridgehead atoms. The minimum absolute atomic E-state index is 0.281. The number of carboxylic acid groups (broad SMARTS) is 1. The number of rotatable bonds is 9. The van der Waals surface area contributed by atoms with Crippen LogP contribution in [0.25, 0.3) is 0 Å². The number of nitrogens with two attached hydrogens (primary N) is 1. The van der Waals surface area contributed by atoms with Gasteiger partial charge in [0.1, 0.15) is 11.8 Å². The summed E-state index contributed by atoms with van der Waals surface area (Å²) < 4.78 is 5.31. The molecule has 0 amide bonds. The van der Waals surface area contributed by atoms with Crippen LogP contribution in [-0.4, -0.2) is 47.3 Å². The lowest BCUT2D eigenvalue weighted by molar-refractivity contribution is -0.140. The number of aliphatic hydroxyl groups is 1. The number of carbonyl (C=O) groups is 2. The van der Waals surface area contributed by atoms with Gasteiger partial charge in [0.15, 0.2) is 5.78 Å². The number of ketones is 1. The Morgan fingerprint density at radius 2 is 2.00 bits per heavy atom. The number of Topliss-reactive ketones (excluding diaryl/α,β-unsaturated/α-hetero) is 1. The van der Waals surface area contributed by atoms with E-state index in [1.165, 1.54) is 6.07 Å². The minimum Gasteiger partial charge on any atom is -0.492 e. The molecule has 1 aromatic carbocycles. The SMILES string of the molecule is CCOc1ccc(C(=O)C(CC)NC(CO)C(=O)O)cc1N. The standard InChI is InChI=1S/C15H22N2O5/c1-3-11(17-12(8-18)15(20)21)14(19)9-5-6-13(22-4-2)10(16)7-9/h5-7,11-12,17-18H,3-4,8,16H2,1-2H3,(H,20,21). The highest BCUT2D eigenvalue weighted by Crippen LogP contribution is 2.23. The van der Waals surface area contributed by atoms with Crippen LogP contribution in [0.5, 0.6) is 5.75 Å². The molecule has 0 fully saturated rings. The van der Waals surface area contributed by atoms with Crippen LogP contribution >= 0.6 is 0 Å². The number of aliphatic hydroxyl groups excluding tert-OH is 1. The molecule has 5 N–H and O–H groups in total. The van der Waals surface area contributed by atoms with Gasteiger partial charge in [-0.15, -0.1) is 0 Å². The van der Waals surface area contributed by atoms with Crippen molar-refractivity contribution in [2.75, 3.05) is 18.9 Å². The van der Waals surface area contributed by atoms with Gasteiger partial charge >= 0.3 is 5.97 Å². The fourth-order valence-corrected chi connectivity index (χ4v) is 2.01. The highest BCUT2D eigenvalue weighted by atomic mass is 16.5.